The number of aliphatic hydroxyl groups is 1. The number of carboxylic acids is 1. The van der Waals surface area contributed by atoms with Gasteiger partial charge >= 0.3 is 5.97 Å². The van der Waals surface area contributed by atoms with E-state index in [1.54, 1.807) is 36.4 Å². The summed E-state index contributed by atoms with van der Waals surface area (Å²) in [7, 11) is 0. The van der Waals surface area contributed by atoms with Crippen molar-refractivity contribution in [2.75, 3.05) is 19.1 Å². The first-order valence-corrected chi connectivity index (χ1v) is 10.4. The van der Waals surface area contributed by atoms with E-state index in [1.165, 1.54) is 0 Å². The van der Waals surface area contributed by atoms with Crippen LogP contribution in [0.4, 0.5) is 0 Å². The molecule has 0 amide bonds. The fourth-order valence-corrected chi connectivity index (χ4v) is 2.13. The van der Waals surface area contributed by atoms with E-state index in [4.69, 9.17) is 19.0 Å². The van der Waals surface area contributed by atoms with Gasteiger partial charge in [-0.3, -0.25) is 4.79 Å². The van der Waals surface area contributed by atoms with Gasteiger partial charge in [0, 0.05) is 27.9 Å². The SMILES string of the molecule is CCC(CO)Cc1ccco1.CCC(Cc1ccco1)C(=O)O.CSC.[B]. The zero-order valence-corrected chi connectivity index (χ0v) is 17.6. The van der Waals surface area contributed by atoms with E-state index in [-0.39, 0.29) is 20.9 Å². The van der Waals surface area contributed by atoms with Crippen LogP contribution >= 0.6 is 11.8 Å². The van der Waals surface area contributed by atoms with Gasteiger partial charge in [-0.25, -0.2) is 0 Å². The Bertz CT molecular complexity index is 539. The van der Waals surface area contributed by atoms with Crippen molar-refractivity contribution < 1.29 is 23.8 Å². The Morgan fingerprint density at radius 3 is 1.81 bits per heavy atom. The molecule has 0 aromatic carbocycles. The van der Waals surface area contributed by atoms with E-state index in [0.717, 1.165) is 24.4 Å². The van der Waals surface area contributed by atoms with Crippen molar-refractivity contribution in [2.24, 2.45) is 11.8 Å². The number of aliphatic hydroxyl groups excluding tert-OH is 1. The Balaban J connectivity index is 0. The molecular weight excluding hydrogens is 363 g/mol. The van der Waals surface area contributed by atoms with E-state index >= 15 is 0 Å². The quantitative estimate of drug-likeness (QED) is 0.646. The first-order valence-electron chi connectivity index (χ1n) is 8.80. The van der Waals surface area contributed by atoms with Gasteiger partial charge in [-0.05, 0) is 49.1 Å². The fraction of sp³-hybridized carbons (Fsp3) is 0.550. The highest BCUT2D eigenvalue weighted by Crippen LogP contribution is 2.12. The summed E-state index contributed by atoms with van der Waals surface area (Å²) in [6.07, 6.45) is 10.3. The molecule has 0 saturated heterocycles. The number of furan rings is 2. The second kappa shape index (κ2) is 17.8. The number of aliphatic carboxylic acids is 1. The largest absolute Gasteiger partial charge is 0.481 e. The van der Waals surface area contributed by atoms with Gasteiger partial charge in [0.25, 0.3) is 0 Å². The lowest BCUT2D eigenvalue weighted by Gasteiger charge is -2.07. The molecule has 2 aromatic heterocycles. The van der Waals surface area contributed by atoms with Gasteiger partial charge in [-0.2, -0.15) is 11.8 Å². The van der Waals surface area contributed by atoms with E-state index in [9.17, 15) is 4.79 Å². The van der Waals surface area contributed by atoms with Gasteiger partial charge in [-0.15, -0.1) is 0 Å². The lowest BCUT2D eigenvalue weighted by atomic mass is 10.0. The molecule has 7 heteroatoms. The van der Waals surface area contributed by atoms with Crippen LogP contribution in [0.3, 0.4) is 0 Å². The van der Waals surface area contributed by atoms with Crippen molar-refractivity contribution in [1.82, 2.24) is 0 Å². The van der Waals surface area contributed by atoms with Gasteiger partial charge < -0.3 is 19.0 Å². The van der Waals surface area contributed by atoms with Crippen molar-refractivity contribution in [1.29, 1.82) is 0 Å². The molecular formula is C20H32BO5S. The lowest BCUT2D eigenvalue weighted by Crippen LogP contribution is -2.14. The third-order valence-electron chi connectivity index (χ3n) is 3.78. The van der Waals surface area contributed by atoms with Crippen LogP contribution in [0.15, 0.2) is 45.6 Å². The Morgan fingerprint density at radius 2 is 1.52 bits per heavy atom. The molecule has 3 radical (unpaired) electrons. The summed E-state index contributed by atoms with van der Waals surface area (Å²) in [5, 5.41) is 17.6. The summed E-state index contributed by atoms with van der Waals surface area (Å²) in [6, 6.07) is 7.38. The van der Waals surface area contributed by atoms with Crippen molar-refractivity contribution in [3.8, 4) is 0 Å². The number of carbonyl (C=O) groups is 1. The van der Waals surface area contributed by atoms with Crippen molar-refractivity contribution in [2.45, 2.75) is 39.5 Å². The van der Waals surface area contributed by atoms with E-state index in [0.29, 0.717) is 18.8 Å². The molecule has 2 unspecified atom stereocenters. The summed E-state index contributed by atoms with van der Waals surface area (Å²) >= 11 is 1.75. The monoisotopic (exact) mass is 395 g/mol. The molecule has 2 atom stereocenters. The fourth-order valence-electron chi connectivity index (χ4n) is 2.13. The first kappa shape index (κ1) is 27.6. The maximum atomic E-state index is 10.6. The minimum absolute atomic E-state index is 0. The van der Waals surface area contributed by atoms with Crippen LogP contribution in [0.1, 0.15) is 38.2 Å². The van der Waals surface area contributed by atoms with Gasteiger partial charge in [0.2, 0.25) is 0 Å². The molecule has 2 aromatic rings. The normalized spacial score (nSPS) is 11.7. The number of rotatable bonds is 8. The van der Waals surface area contributed by atoms with Crippen LogP contribution < -0.4 is 0 Å². The predicted octanol–water partition coefficient (Wildman–Crippen LogP) is 4.37. The molecule has 27 heavy (non-hydrogen) atoms. The van der Waals surface area contributed by atoms with E-state index < -0.39 is 5.97 Å². The maximum Gasteiger partial charge on any atom is 0.306 e. The Morgan fingerprint density at radius 1 is 1.04 bits per heavy atom. The van der Waals surface area contributed by atoms with Gasteiger partial charge in [-0.1, -0.05) is 20.3 Å². The molecule has 2 rings (SSSR count). The minimum Gasteiger partial charge on any atom is -0.481 e. The van der Waals surface area contributed by atoms with Gasteiger partial charge in [0.1, 0.15) is 11.5 Å². The molecule has 0 aliphatic carbocycles. The van der Waals surface area contributed by atoms with Crippen molar-refractivity contribution in [3.63, 3.8) is 0 Å². The number of hydrogen-bond donors (Lipinski definition) is 2. The molecule has 2 heterocycles. The maximum absolute atomic E-state index is 10.6. The van der Waals surface area contributed by atoms with Crippen molar-refractivity contribution >= 4 is 26.1 Å². The second-order valence-corrected chi connectivity index (χ2v) is 6.69. The molecule has 5 nitrogen and oxygen atoms in total. The molecule has 0 aliphatic heterocycles. The topological polar surface area (TPSA) is 83.8 Å². The molecule has 0 saturated carbocycles. The summed E-state index contributed by atoms with van der Waals surface area (Å²) in [5.74, 6) is 0.973. The van der Waals surface area contributed by atoms with Crippen LogP contribution in [0.2, 0.25) is 0 Å². The summed E-state index contributed by atoms with van der Waals surface area (Å²) < 4.78 is 10.2. The Labute approximate surface area is 169 Å². The Hall–Kier alpha value is -1.60. The predicted molar refractivity (Wildman–Crippen MR) is 112 cm³/mol. The highest BCUT2D eigenvalue weighted by molar-refractivity contribution is 7.97. The zero-order chi connectivity index (χ0) is 19.8. The van der Waals surface area contributed by atoms with Crippen LogP contribution in [-0.4, -0.2) is 43.7 Å². The summed E-state index contributed by atoms with van der Waals surface area (Å²) in [4.78, 5) is 10.6. The van der Waals surface area contributed by atoms with Crippen LogP contribution in [0, 0.1) is 11.8 Å². The molecule has 0 spiro atoms. The third kappa shape index (κ3) is 13.3. The molecule has 0 fully saturated rings. The third-order valence-corrected chi connectivity index (χ3v) is 3.78. The highest BCUT2D eigenvalue weighted by Gasteiger charge is 2.16. The van der Waals surface area contributed by atoms with Crippen LogP contribution in [-0.2, 0) is 17.6 Å². The molecule has 2 N–H and O–H groups in total. The highest BCUT2D eigenvalue weighted by atomic mass is 32.2. The number of thioether (sulfide) groups is 1. The minimum atomic E-state index is -0.756. The van der Waals surface area contributed by atoms with E-state index in [1.807, 2.05) is 31.6 Å². The van der Waals surface area contributed by atoms with E-state index in [2.05, 4.69) is 6.92 Å². The number of hydrogen-bond acceptors (Lipinski definition) is 5. The summed E-state index contributed by atoms with van der Waals surface area (Å²) in [6.45, 7) is 4.18. The standard InChI is InChI=1S/C9H12O3.C9H14O2.C2H6S.B/c1-2-7(9(10)11)6-8-4-3-5-12-8;1-2-8(7-10)6-9-4-3-5-11-9;1-3-2;/h3-5,7H,2,6H2,1H3,(H,10,11);3-5,8,10H,2,6-7H2,1H3;1-2H3;. The summed E-state index contributed by atoms with van der Waals surface area (Å²) in [5.41, 5.74) is 0. The van der Waals surface area contributed by atoms with Crippen LogP contribution in [0.25, 0.3) is 0 Å². The van der Waals surface area contributed by atoms with Gasteiger partial charge in [0.15, 0.2) is 0 Å². The average molecular weight is 395 g/mol. The Kier molecular flexibility index (Phi) is 18.2. The smallest absolute Gasteiger partial charge is 0.306 e. The molecule has 0 bridgehead atoms. The molecule has 151 valence electrons. The lowest BCUT2D eigenvalue weighted by molar-refractivity contribution is -0.141. The van der Waals surface area contributed by atoms with Crippen LogP contribution in [0.5, 0.6) is 0 Å². The number of carboxylic acid groups (broad SMARTS) is 1. The van der Waals surface area contributed by atoms with Crippen molar-refractivity contribution in [3.05, 3.63) is 48.3 Å². The molecule has 0 aliphatic rings. The second-order valence-electron chi connectivity index (χ2n) is 5.88. The van der Waals surface area contributed by atoms with Gasteiger partial charge in [0.05, 0.1) is 18.4 Å². The first-order chi connectivity index (χ1) is 12.5. The average Bonchev–Trinajstić information content (AvgIpc) is 3.32. The zero-order valence-electron chi connectivity index (χ0n) is 16.8.